The van der Waals surface area contributed by atoms with E-state index in [9.17, 15) is 13.2 Å². The molecule has 0 unspecified atom stereocenters. The van der Waals surface area contributed by atoms with Crippen molar-refractivity contribution in [2.24, 2.45) is 11.4 Å². The molecular formula is C18H12ClN5O3S2. The minimum atomic E-state index is -4.01. The van der Waals surface area contributed by atoms with Crippen LogP contribution in [-0.2, 0) is 17.1 Å². The maximum atomic E-state index is 12.9. The molecule has 1 heterocycles. The largest absolute Gasteiger partial charge is 0.288 e. The van der Waals surface area contributed by atoms with Crippen LogP contribution in [0.4, 0.5) is 0 Å². The lowest BCUT2D eigenvalue weighted by atomic mass is 9.94. The number of allylic oxidation sites excluding steroid dienone is 2. The van der Waals surface area contributed by atoms with E-state index in [1.54, 1.807) is 31.3 Å². The van der Waals surface area contributed by atoms with E-state index in [4.69, 9.17) is 11.6 Å². The van der Waals surface area contributed by atoms with E-state index >= 15 is 0 Å². The number of rotatable bonds is 4. The van der Waals surface area contributed by atoms with Gasteiger partial charge in [-0.15, -0.1) is 5.10 Å². The number of hydrogen-bond donors (Lipinski definition) is 0. The lowest BCUT2D eigenvalue weighted by Crippen LogP contribution is -2.17. The highest BCUT2D eigenvalue weighted by atomic mass is 35.5. The second-order valence-electron chi connectivity index (χ2n) is 5.98. The van der Waals surface area contributed by atoms with Crippen LogP contribution in [0.2, 0.25) is 5.02 Å². The number of sulfonamides is 1. The molecule has 1 aliphatic rings. The van der Waals surface area contributed by atoms with Gasteiger partial charge >= 0.3 is 0 Å². The van der Waals surface area contributed by atoms with Gasteiger partial charge in [0.15, 0.2) is 0 Å². The number of Topliss-reactive ketones (excluding diaryl/α,β-unsaturated/α-hetero) is 1. The highest BCUT2D eigenvalue weighted by Gasteiger charge is 2.27. The Balaban J connectivity index is 1.83. The predicted octanol–water partition coefficient (Wildman–Crippen LogP) is 2.91. The summed E-state index contributed by atoms with van der Waals surface area (Å²) in [5.74, 6) is -0.253. The quantitative estimate of drug-likeness (QED) is 0.607. The van der Waals surface area contributed by atoms with E-state index in [-0.39, 0.29) is 21.3 Å². The number of hydrogen-bond acceptors (Lipinski definition) is 7. The lowest BCUT2D eigenvalue weighted by Gasteiger charge is -2.16. The van der Waals surface area contributed by atoms with E-state index in [0.29, 0.717) is 21.3 Å². The van der Waals surface area contributed by atoms with Gasteiger partial charge in [0.05, 0.1) is 15.5 Å². The van der Waals surface area contributed by atoms with Crippen molar-refractivity contribution in [1.29, 1.82) is 0 Å². The first-order valence-corrected chi connectivity index (χ1v) is 10.9. The number of tetrazole rings is 1. The number of carbonyl (C=O) groups excluding carboxylic acids is 1. The first-order valence-electron chi connectivity index (χ1n) is 8.22. The van der Waals surface area contributed by atoms with E-state index in [1.165, 1.54) is 35.0 Å². The minimum absolute atomic E-state index is 0.00360. The van der Waals surface area contributed by atoms with Crippen molar-refractivity contribution in [1.82, 2.24) is 20.2 Å². The van der Waals surface area contributed by atoms with Gasteiger partial charge in [0.25, 0.3) is 10.0 Å². The summed E-state index contributed by atoms with van der Waals surface area (Å²) in [7, 11) is -2.37. The third-order valence-electron chi connectivity index (χ3n) is 4.05. The number of carbonyl (C=O) groups is 1. The highest BCUT2D eigenvalue weighted by Crippen LogP contribution is 2.32. The zero-order valence-corrected chi connectivity index (χ0v) is 17.2. The molecule has 146 valence electrons. The fourth-order valence-electron chi connectivity index (χ4n) is 2.65. The summed E-state index contributed by atoms with van der Waals surface area (Å²) in [6.45, 7) is 0. The molecule has 8 nitrogen and oxygen atoms in total. The van der Waals surface area contributed by atoms with Crippen LogP contribution in [0.25, 0.3) is 0 Å². The summed E-state index contributed by atoms with van der Waals surface area (Å²) in [4.78, 5) is 13.2. The van der Waals surface area contributed by atoms with Gasteiger partial charge in [-0.3, -0.25) is 4.79 Å². The first kappa shape index (κ1) is 19.5. The summed E-state index contributed by atoms with van der Waals surface area (Å²) in [6, 6.07) is 12.4. The van der Waals surface area contributed by atoms with Crippen molar-refractivity contribution < 1.29 is 13.2 Å². The number of halogens is 1. The molecule has 1 aromatic heterocycles. The number of benzene rings is 2. The van der Waals surface area contributed by atoms with Gasteiger partial charge in [-0.05, 0) is 52.5 Å². The third kappa shape index (κ3) is 3.86. The van der Waals surface area contributed by atoms with Gasteiger partial charge in [-0.25, -0.2) is 4.68 Å². The molecule has 1 aliphatic carbocycles. The molecule has 0 amide bonds. The molecule has 0 radical (unpaired) electrons. The van der Waals surface area contributed by atoms with Gasteiger partial charge in [0, 0.05) is 23.2 Å². The fourth-order valence-corrected chi connectivity index (χ4v) is 4.59. The smallest absolute Gasteiger partial charge is 0.282 e. The monoisotopic (exact) mass is 445 g/mol. The van der Waals surface area contributed by atoms with E-state index < -0.39 is 10.0 Å². The Morgan fingerprint density at radius 3 is 2.41 bits per heavy atom. The molecule has 0 saturated carbocycles. The van der Waals surface area contributed by atoms with Gasteiger partial charge in [0.2, 0.25) is 10.9 Å². The maximum absolute atomic E-state index is 12.9. The summed E-state index contributed by atoms with van der Waals surface area (Å²) in [5.41, 5.74) is 0.959. The van der Waals surface area contributed by atoms with Gasteiger partial charge in [-0.1, -0.05) is 35.9 Å². The molecule has 0 N–H and O–H groups in total. The Hall–Kier alpha value is -2.82. The van der Waals surface area contributed by atoms with Crippen LogP contribution in [0.1, 0.15) is 15.9 Å². The lowest BCUT2D eigenvalue weighted by molar-refractivity contribution is 0.104. The maximum Gasteiger partial charge on any atom is 0.282 e. The average molecular weight is 446 g/mol. The van der Waals surface area contributed by atoms with Gasteiger partial charge < -0.3 is 0 Å². The standard InChI is InChI=1S/C18H12ClN5O3S2/c1-24-18(20-22-23-24)28-16-10-15(13-4-2-3-5-14(13)17(16)25)21-29(26,27)12-8-6-11(19)7-9-12/h2-10H,1H3/b21-15-. The Morgan fingerprint density at radius 1 is 1.07 bits per heavy atom. The number of thioether (sulfide) groups is 1. The molecule has 2 aromatic carbocycles. The van der Waals surface area contributed by atoms with Crippen LogP contribution >= 0.6 is 23.4 Å². The van der Waals surface area contributed by atoms with Crippen molar-refractivity contribution >= 4 is 44.9 Å². The molecule has 0 aliphatic heterocycles. The molecular weight excluding hydrogens is 434 g/mol. The Labute approximate surface area is 175 Å². The van der Waals surface area contributed by atoms with E-state index in [2.05, 4.69) is 19.9 Å². The molecule has 29 heavy (non-hydrogen) atoms. The second kappa shape index (κ2) is 7.54. The van der Waals surface area contributed by atoms with Crippen LogP contribution in [0.5, 0.6) is 0 Å². The molecule has 0 spiro atoms. The van der Waals surface area contributed by atoms with Crippen LogP contribution in [0.3, 0.4) is 0 Å². The SMILES string of the molecule is Cn1nnnc1SC1=C/C(=N/S(=O)(=O)c2ccc(Cl)cc2)c2ccccc2C1=O. The zero-order valence-electron chi connectivity index (χ0n) is 14.9. The molecule has 3 aromatic rings. The topological polar surface area (TPSA) is 107 Å². The van der Waals surface area contributed by atoms with Crippen molar-refractivity contribution in [3.05, 3.63) is 75.7 Å². The van der Waals surface area contributed by atoms with Crippen molar-refractivity contribution in [2.45, 2.75) is 10.1 Å². The molecule has 0 atom stereocenters. The Bertz CT molecular complexity index is 1280. The van der Waals surface area contributed by atoms with Crippen molar-refractivity contribution in [3.63, 3.8) is 0 Å². The molecule has 4 rings (SSSR count). The van der Waals surface area contributed by atoms with E-state index in [1.807, 2.05) is 0 Å². The van der Waals surface area contributed by atoms with Crippen LogP contribution < -0.4 is 0 Å². The number of nitrogens with zero attached hydrogens (tertiary/aromatic N) is 5. The normalized spacial score (nSPS) is 15.3. The van der Waals surface area contributed by atoms with Crippen molar-refractivity contribution in [3.8, 4) is 0 Å². The average Bonchev–Trinajstić information content (AvgIpc) is 3.10. The summed E-state index contributed by atoms with van der Waals surface area (Å²) >= 11 is 6.88. The molecule has 0 bridgehead atoms. The molecule has 0 saturated heterocycles. The predicted molar refractivity (Wildman–Crippen MR) is 109 cm³/mol. The van der Waals surface area contributed by atoms with Crippen LogP contribution in [0.15, 0.2) is 74.0 Å². The summed E-state index contributed by atoms with van der Waals surface area (Å²) in [6.07, 6.45) is 1.44. The number of aromatic nitrogens is 4. The van der Waals surface area contributed by atoms with Crippen LogP contribution in [-0.4, -0.2) is 40.1 Å². The van der Waals surface area contributed by atoms with Gasteiger partial charge in [0.1, 0.15) is 0 Å². The Kier molecular flexibility index (Phi) is 5.07. The Morgan fingerprint density at radius 2 is 1.76 bits per heavy atom. The third-order valence-corrected chi connectivity index (χ3v) is 6.66. The second-order valence-corrected chi connectivity index (χ2v) is 9.03. The molecule has 11 heteroatoms. The van der Waals surface area contributed by atoms with Crippen LogP contribution in [0, 0.1) is 0 Å². The van der Waals surface area contributed by atoms with Crippen molar-refractivity contribution in [2.75, 3.05) is 0 Å². The summed E-state index contributed by atoms with van der Waals surface area (Å²) < 4.78 is 31.0. The van der Waals surface area contributed by atoms with Gasteiger partial charge in [-0.2, -0.15) is 12.8 Å². The highest BCUT2D eigenvalue weighted by molar-refractivity contribution is 8.04. The number of fused-ring (bicyclic) bond motifs is 1. The summed E-state index contributed by atoms with van der Waals surface area (Å²) in [5, 5.41) is 12.0. The fraction of sp³-hybridized carbons (Fsp3) is 0.0556. The first-order chi connectivity index (χ1) is 13.8. The minimum Gasteiger partial charge on any atom is -0.288 e. The van der Waals surface area contributed by atoms with E-state index in [0.717, 1.165) is 11.8 Å². The zero-order chi connectivity index (χ0) is 20.6. The number of ketones is 1. The molecule has 0 fully saturated rings. The number of aryl methyl sites for hydroxylation is 1.